The number of amides is 1. The molecule has 21 heavy (non-hydrogen) atoms. The molecule has 0 unspecified atom stereocenters. The maximum Gasteiger partial charge on any atom is 0.343 e. The normalized spacial score (nSPS) is 14.9. The fraction of sp³-hybridized carbons (Fsp3) is 0.538. The molecular weight excluding hydrogens is 294 g/mol. The Morgan fingerprint density at radius 3 is 2.67 bits per heavy atom. The molecule has 0 saturated carbocycles. The van der Waals surface area contributed by atoms with Gasteiger partial charge in [-0.1, -0.05) is 0 Å². The van der Waals surface area contributed by atoms with Crippen LogP contribution in [0, 0.1) is 0 Å². The predicted molar refractivity (Wildman–Crippen MR) is 81.1 cm³/mol. The topological polar surface area (TPSA) is 93.9 Å². The van der Waals surface area contributed by atoms with E-state index in [0.29, 0.717) is 42.7 Å². The first-order valence-corrected chi connectivity index (χ1v) is 7.53. The first-order chi connectivity index (χ1) is 10.1. The summed E-state index contributed by atoms with van der Waals surface area (Å²) in [5.41, 5.74) is 6.46. The fourth-order valence-electron chi connectivity index (χ4n) is 2.13. The maximum absolute atomic E-state index is 12.0. The molecule has 116 valence electrons. The van der Waals surface area contributed by atoms with Crippen molar-refractivity contribution < 1.29 is 19.1 Å². The zero-order chi connectivity index (χ0) is 15.4. The van der Waals surface area contributed by atoms with Gasteiger partial charge in [-0.15, -0.1) is 11.3 Å². The zero-order valence-electron chi connectivity index (χ0n) is 12.1. The summed E-state index contributed by atoms with van der Waals surface area (Å²) in [4.78, 5) is 26.4. The number of thiophene rings is 1. The SMILES string of the molecule is CCNC(=O)c1sc(N2CCOCC2)c(C(=O)OC)c1N. The van der Waals surface area contributed by atoms with Crippen molar-refractivity contribution >= 4 is 33.9 Å². The van der Waals surface area contributed by atoms with Crippen molar-refractivity contribution in [1.29, 1.82) is 0 Å². The van der Waals surface area contributed by atoms with Crippen LogP contribution in [-0.2, 0) is 9.47 Å². The number of anilines is 2. The van der Waals surface area contributed by atoms with Crippen LogP contribution in [0.5, 0.6) is 0 Å². The van der Waals surface area contributed by atoms with E-state index in [2.05, 4.69) is 5.32 Å². The molecule has 1 aromatic rings. The van der Waals surface area contributed by atoms with Gasteiger partial charge in [-0.05, 0) is 6.92 Å². The summed E-state index contributed by atoms with van der Waals surface area (Å²) in [7, 11) is 1.30. The molecule has 0 aliphatic carbocycles. The second-order valence-corrected chi connectivity index (χ2v) is 5.47. The molecule has 3 N–H and O–H groups in total. The van der Waals surface area contributed by atoms with Crippen molar-refractivity contribution in [2.75, 3.05) is 50.6 Å². The Kier molecular flexibility index (Phi) is 5.03. The Morgan fingerprint density at radius 1 is 1.43 bits per heavy atom. The second-order valence-electron chi connectivity index (χ2n) is 4.48. The standard InChI is InChI=1S/C13H19N3O4S/c1-3-15-11(17)10-9(14)8(13(18)19-2)12(21-10)16-4-6-20-7-5-16/h3-7,14H2,1-2H3,(H,15,17). The number of rotatable bonds is 4. The molecule has 1 aliphatic rings. The van der Waals surface area contributed by atoms with Crippen LogP contribution in [0.4, 0.5) is 10.7 Å². The summed E-state index contributed by atoms with van der Waals surface area (Å²) in [6.45, 7) is 4.78. The number of hydrogen-bond donors (Lipinski definition) is 2. The lowest BCUT2D eigenvalue weighted by atomic mass is 10.2. The van der Waals surface area contributed by atoms with Crippen LogP contribution in [-0.4, -0.2) is 51.8 Å². The van der Waals surface area contributed by atoms with E-state index in [9.17, 15) is 9.59 Å². The highest BCUT2D eigenvalue weighted by molar-refractivity contribution is 7.19. The van der Waals surface area contributed by atoms with Crippen molar-refractivity contribution in [2.45, 2.75) is 6.92 Å². The van der Waals surface area contributed by atoms with Gasteiger partial charge in [-0.25, -0.2) is 4.79 Å². The van der Waals surface area contributed by atoms with Crippen LogP contribution in [0.25, 0.3) is 0 Å². The van der Waals surface area contributed by atoms with Crippen molar-refractivity contribution in [3.05, 3.63) is 10.4 Å². The van der Waals surface area contributed by atoms with E-state index < -0.39 is 5.97 Å². The highest BCUT2D eigenvalue weighted by Crippen LogP contribution is 2.39. The van der Waals surface area contributed by atoms with Gasteiger partial charge in [0.15, 0.2) is 0 Å². The molecule has 2 heterocycles. The lowest BCUT2D eigenvalue weighted by Gasteiger charge is -2.28. The summed E-state index contributed by atoms with van der Waals surface area (Å²) in [5, 5.41) is 3.37. The molecule has 8 heteroatoms. The van der Waals surface area contributed by atoms with Crippen LogP contribution in [0.15, 0.2) is 0 Å². The van der Waals surface area contributed by atoms with E-state index >= 15 is 0 Å². The van der Waals surface area contributed by atoms with Crippen LogP contribution in [0.1, 0.15) is 27.0 Å². The first kappa shape index (κ1) is 15.6. The van der Waals surface area contributed by atoms with Crippen LogP contribution < -0.4 is 16.0 Å². The number of nitrogen functional groups attached to an aromatic ring is 1. The lowest BCUT2D eigenvalue weighted by Crippen LogP contribution is -2.36. The molecule has 1 fully saturated rings. The van der Waals surface area contributed by atoms with Crippen molar-refractivity contribution in [1.82, 2.24) is 5.32 Å². The van der Waals surface area contributed by atoms with Gasteiger partial charge in [0.1, 0.15) is 15.4 Å². The largest absolute Gasteiger partial charge is 0.465 e. The summed E-state index contributed by atoms with van der Waals surface area (Å²) in [5.74, 6) is -0.801. The van der Waals surface area contributed by atoms with Gasteiger partial charge in [0.2, 0.25) is 0 Å². The molecule has 0 spiro atoms. The Bertz CT molecular complexity index is 538. The molecule has 1 amide bonds. The molecule has 0 aromatic carbocycles. The van der Waals surface area contributed by atoms with Crippen molar-refractivity contribution in [3.8, 4) is 0 Å². The second kappa shape index (κ2) is 6.77. The highest BCUT2D eigenvalue weighted by Gasteiger charge is 2.29. The summed E-state index contributed by atoms with van der Waals surface area (Å²) < 4.78 is 10.1. The lowest BCUT2D eigenvalue weighted by molar-refractivity contribution is 0.0602. The van der Waals surface area contributed by atoms with Gasteiger partial charge in [0, 0.05) is 19.6 Å². The molecule has 1 aromatic heterocycles. The van der Waals surface area contributed by atoms with Gasteiger partial charge in [-0.2, -0.15) is 0 Å². The minimum absolute atomic E-state index is 0.180. The summed E-state index contributed by atoms with van der Waals surface area (Å²) in [6, 6.07) is 0. The van der Waals surface area contributed by atoms with Crippen molar-refractivity contribution in [2.24, 2.45) is 0 Å². The van der Waals surface area contributed by atoms with Crippen molar-refractivity contribution in [3.63, 3.8) is 0 Å². The van der Waals surface area contributed by atoms with E-state index in [4.69, 9.17) is 15.2 Å². The average Bonchev–Trinajstić information content (AvgIpc) is 2.85. The van der Waals surface area contributed by atoms with Gasteiger partial charge in [-0.3, -0.25) is 4.79 Å². The molecule has 1 aliphatic heterocycles. The molecule has 0 bridgehead atoms. The van der Waals surface area contributed by atoms with Gasteiger partial charge in [0.05, 0.1) is 26.0 Å². The van der Waals surface area contributed by atoms with E-state index in [1.807, 2.05) is 11.8 Å². The van der Waals surface area contributed by atoms with E-state index in [1.54, 1.807) is 0 Å². The Hall–Kier alpha value is -1.80. The number of nitrogens with zero attached hydrogens (tertiary/aromatic N) is 1. The predicted octanol–water partition coefficient (Wildman–Crippen LogP) is 0.703. The maximum atomic E-state index is 12.0. The number of ether oxygens (including phenoxy) is 2. The number of nitrogens with one attached hydrogen (secondary N) is 1. The third-order valence-corrected chi connectivity index (χ3v) is 4.42. The summed E-state index contributed by atoms with van der Waals surface area (Å²) >= 11 is 1.22. The zero-order valence-corrected chi connectivity index (χ0v) is 12.9. The monoisotopic (exact) mass is 313 g/mol. The number of hydrogen-bond acceptors (Lipinski definition) is 7. The quantitative estimate of drug-likeness (QED) is 0.795. The smallest absolute Gasteiger partial charge is 0.343 e. The number of morpholine rings is 1. The molecule has 0 atom stereocenters. The van der Waals surface area contributed by atoms with E-state index in [0.717, 1.165) is 0 Å². The van der Waals surface area contributed by atoms with Gasteiger partial charge >= 0.3 is 5.97 Å². The third kappa shape index (κ3) is 3.11. The molecular formula is C13H19N3O4S. The van der Waals surface area contributed by atoms with Gasteiger partial charge < -0.3 is 25.4 Å². The average molecular weight is 313 g/mol. The third-order valence-electron chi connectivity index (χ3n) is 3.16. The highest BCUT2D eigenvalue weighted by atomic mass is 32.1. The van der Waals surface area contributed by atoms with Crippen LogP contribution >= 0.6 is 11.3 Å². The number of carbonyl (C=O) groups excluding carboxylic acids is 2. The number of nitrogens with two attached hydrogens (primary N) is 1. The number of methoxy groups -OCH3 is 1. The van der Waals surface area contributed by atoms with Gasteiger partial charge in [0.25, 0.3) is 5.91 Å². The minimum atomic E-state index is -0.527. The van der Waals surface area contributed by atoms with Crippen LogP contribution in [0.3, 0.4) is 0 Å². The number of carbonyl (C=O) groups is 2. The Balaban J connectivity index is 2.43. The van der Waals surface area contributed by atoms with Crippen LogP contribution in [0.2, 0.25) is 0 Å². The molecule has 2 rings (SSSR count). The number of esters is 1. The first-order valence-electron chi connectivity index (χ1n) is 6.71. The molecule has 1 saturated heterocycles. The Labute approximate surface area is 127 Å². The fourth-order valence-corrected chi connectivity index (χ4v) is 3.31. The van der Waals surface area contributed by atoms with E-state index in [1.165, 1.54) is 18.4 Å². The summed E-state index contributed by atoms with van der Waals surface area (Å²) in [6.07, 6.45) is 0. The minimum Gasteiger partial charge on any atom is -0.465 e. The Morgan fingerprint density at radius 2 is 2.10 bits per heavy atom. The van der Waals surface area contributed by atoms with E-state index in [-0.39, 0.29) is 17.2 Å². The molecule has 7 nitrogen and oxygen atoms in total. The molecule has 0 radical (unpaired) electrons.